The van der Waals surface area contributed by atoms with Crippen molar-refractivity contribution < 1.29 is 19.8 Å². The highest BCUT2D eigenvalue weighted by Gasteiger charge is 2.34. The lowest BCUT2D eigenvalue weighted by atomic mass is 10.1. The van der Waals surface area contributed by atoms with Crippen molar-refractivity contribution in [1.82, 2.24) is 14.9 Å². The number of nitrogens with zero attached hydrogens (tertiary/aromatic N) is 3. The maximum Gasteiger partial charge on any atom is 0.261 e. The van der Waals surface area contributed by atoms with Gasteiger partial charge in [-0.2, -0.15) is 0 Å². The van der Waals surface area contributed by atoms with Gasteiger partial charge in [-0.05, 0) is 60.5 Å². The van der Waals surface area contributed by atoms with Crippen molar-refractivity contribution in [3.63, 3.8) is 0 Å². The van der Waals surface area contributed by atoms with Gasteiger partial charge in [-0.15, -0.1) is 0 Å². The molecular weight excluding hydrogens is 514 g/mol. The first-order chi connectivity index (χ1) is 20.0. The van der Waals surface area contributed by atoms with Gasteiger partial charge in [0.2, 0.25) is 0 Å². The molecule has 2 aromatic heterocycles. The van der Waals surface area contributed by atoms with E-state index >= 15 is 0 Å². The van der Waals surface area contributed by atoms with E-state index in [1.54, 1.807) is 30.3 Å². The van der Waals surface area contributed by atoms with Crippen molar-refractivity contribution in [2.45, 2.75) is 6.42 Å². The average Bonchev–Trinajstić information content (AvgIpc) is 3.27. The number of fused-ring (bicyclic) bond motifs is 3. The Bertz CT molecular complexity index is 1600. The van der Waals surface area contributed by atoms with Gasteiger partial charge >= 0.3 is 0 Å². The van der Waals surface area contributed by atoms with E-state index in [2.05, 4.69) is 34.2 Å². The second-order valence-corrected chi connectivity index (χ2v) is 9.27. The minimum atomic E-state index is -0.293. The lowest BCUT2D eigenvalue weighted by Gasteiger charge is -2.13. The van der Waals surface area contributed by atoms with Crippen LogP contribution in [0.4, 0.5) is 0 Å². The molecule has 0 spiro atoms. The predicted octanol–water partition coefficient (Wildman–Crippen LogP) is 6.41. The number of para-hydroxylation sites is 2. The van der Waals surface area contributed by atoms with E-state index in [1.165, 1.54) is 27.8 Å². The van der Waals surface area contributed by atoms with Crippen LogP contribution in [0.2, 0.25) is 0 Å². The molecular formula is C34H27N3O4. The molecule has 202 valence electrons. The van der Waals surface area contributed by atoms with Crippen LogP contribution in [0, 0.1) is 0 Å². The number of hydrogen-bond donors (Lipinski definition) is 2. The Morgan fingerprint density at radius 2 is 1.05 bits per heavy atom. The molecule has 0 saturated heterocycles. The Balaban J connectivity index is 0.000000139. The SMILES string of the molecule is O=C1c2ccccc2C(=O)N1CCc1ccc(O)c(O)c1.c1ccc2ncccc2c1.c1ccc2ncccc2c1. The van der Waals surface area contributed by atoms with E-state index < -0.39 is 0 Å². The maximum atomic E-state index is 12.2. The van der Waals surface area contributed by atoms with Gasteiger partial charge in [-0.1, -0.05) is 66.7 Å². The molecule has 0 saturated carbocycles. The van der Waals surface area contributed by atoms with Crippen LogP contribution in [0.25, 0.3) is 21.8 Å². The summed E-state index contributed by atoms with van der Waals surface area (Å²) in [5, 5.41) is 21.1. The molecule has 2 amide bonds. The number of rotatable bonds is 3. The Morgan fingerprint density at radius 1 is 0.561 bits per heavy atom. The average molecular weight is 542 g/mol. The minimum Gasteiger partial charge on any atom is -0.504 e. The van der Waals surface area contributed by atoms with Crippen LogP contribution in [-0.2, 0) is 6.42 Å². The molecule has 0 radical (unpaired) electrons. The smallest absolute Gasteiger partial charge is 0.261 e. The Hall–Kier alpha value is -5.56. The molecule has 3 heterocycles. The van der Waals surface area contributed by atoms with Crippen molar-refractivity contribution in [3.05, 3.63) is 144 Å². The number of imide groups is 1. The zero-order valence-electron chi connectivity index (χ0n) is 22.1. The Morgan fingerprint density at radius 3 is 1.56 bits per heavy atom. The van der Waals surface area contributed by atoms with Gasteiger partial charge in [0.05, 0.1) is 22.2 Å². The van der Waals surface area contributed by atoms with Crippen LogP contribution >= 0.6 is 0 Å². The zero-order chi connectivity index (χ0) is 28.6. The molecule has 0 aliphatic carbocycles. The first kappa shape index (κ1) is 27.0. The van der Waals surface area contributed by atoms with Crippen LogP contribution in [-0.4, -0.2) is 43.4 Å². The summed E-state index contributed by atoms with van der Waals surface area (Å²) in [6.45, 7) is 0.233. The maximum absolute atomic E-state index is 12.2. The number of amides is 2. The molecule has 2 N–H and O–H groups in total. The zero-order valence-corrected chi connectivity index (χ0v) is 22.1. The van der Waals surface area contributed by atoms with Gasteiger partial charge in [0.1, 0.15) is 0 Å². The number of aromatic hydroxyl groups is 2. The number of phenolic OH excluding ortho intramolecular Hbond substituents is 2. The Labute approximate surface area is 237 Å². The highest BCUT2D eigenvalue weighted by molar-refractivity contribution is 6.21. The van der Waals surface area contributed by atoms with E-state index in [-0.39, 0.29) is 29.9 Å². The summed E-state index contributed by atoms with van der Waals surface area (Å²) in [7, 11) is 0. The summed E-state index contributed by atoms with van der Waals surface area (Å²) >= 11 is 0. The van der Waals surface area contributed by atoms with Gasteiger partial charge < -0.3 is 10.2 Å². The van der Waals surface area contributed by atoms with Crippen molar-refractivity contribution in [1.29, 1.82) is 0 Å². The van der Waals surface area contributed by atoms with E-state index in [4.69, 9.17) is 0 Å². The van der Waals surface area contributed by atoms with Gasteiger partial charge in [-0.25, -0.2) is 0 Å². The van der Waals surface area contributed by atoms with Crippen molar-refractivity contribution in [3.8, 4) is 11.5 Å². The fourth-order valence-corrected chi connectivity index (χ4v) is 4.44. The number of phenols is 2. The first-order valence-electron chi connectivity index (χ1n) is 13.1. The summed E-state index contributed by atoms with van der Waals surface area (Å²) in [4.78, 5) is 33.9. The Kier molecular flexibility index (Phi) is 8.26. The van der Waals surface area contributed by atoms with E-state index in [0.29, 0.717) is 17.5 Å². The fraction of sp³-hybridized carbons (Fsp3) is 0.0588. The van der Waals surface area contributed by atoms with Gasteiger partial charge in [0, 0.05) is 29.7 Å². The molecule has 4 aromatic carbocycles. The standard InChI is InChI=1S/C16H13NO4.2C9H7N/c18-13-6-5-10(9-14(13)19)7-8-17-15(20)11-3-1-2-4-12(11)16(17)21;2*1-2-6-9-8(4-1)5-3-7-10-9/h1-6,9,18-19H,7-8H2;2*1-7H. The molecule has 6 aromatic rings. The van der Waals surface area contributed by atoms with Crippen molar-refractivity contribution >= 4 is 33.6 Å². The predicted molar refractivity (Wildman–Crippen MR) is 159 cm³/mol. The molecule has 0 atom stereocenters. The van der Waals surface area contributed by atoms with Gasteiger partial charge in [0.25, 0.3) is 11.8 Å². The highest BCUT2D eigenvalue weighted by atomic mass is 16.3. The lowest BCUT2D eigenvalue weighted by Crippen LogP contribution is -2.31. The molecule has 7 heteroatoms. The van der Waals surface area contributed by atoms with Crippen molar-refractivity contribution in [2.24, 2.45) is 0 Å². The molecule has 0 bridgehead atoms. The number of hydrogen-bond acceptors (Lipinski definition) is 6. The third-order valence-electron chi connectivity index (χ3n) is 6.57. The molecule has 0 unspecified atom stereocenters. The largest absolute Gasteiger partial charge is 0.504 e. The topological polar surface area (TPSA) is 104 Å². The van der Waals surface area contributed by atoms with Crippen LogP contribution in [0.3, 0.4) is 0 Å². The van der Waals surface area contributed by atoms with Crippen molar-refractivity contribution in [2.75, 3.05) is 6.54 Å². The number of benzene rings is 4. The molecule has 7 rings (SSSR count). The molecule has 41 heavy (non-hydrogen) atoms. The lowest BCUT2D eigenvalue weighted by molar-refractivity contribution is 0.0656. The molecule has 0 fully saturated rings. The fourth-order valence-electron chi connectivity index (χ4n) is 4.44. The minimum absolute atomic E-state index is 0.195. The van der Waals surface area contributed by atoms with Crippen LogP contribution in [0.1, 0.15) is 26.3 Å². The molecule has 1 aliphatic rings. The van der Waals surface area contributed by atoms with E-state index in [0.717, 1.165) is 16.6 Å². The summed E-state index contributed by atoms with van der Waals surface area (Å²) in [5.74, 6) is -0.994. The van der Waals surface area contributed by atoms with Crippen LogP contribution in [0.15, 0.2) is 128 Å². The quantitative estimate of drug-likeness (QED) is 0.198. The highest BCUT2D eigenvalue weighted by Crippen LogP contribution is 2.26. The summed E-state index contributed by atoms with van der Waals surface area (Å²) in [6.07, 6.45) is 4.03. The van der Waals surface area contributed by atoms with E-state index in [1.807, 2.05) is 60.9 Å². The second kappa shape index (κ2) is 12.5. The number of carbonyl (C=O) groups is 2. The summed E-state index contributed by atoms with van der Waals surface area (Å²) in [5.41, 5.74) is 3.71. The molecule has 1 aliphatic heterocycles. The number of carbonyl (C=O) groups excluding carboxylic acids is 2. The van der Waals surface area contributed by atoms with Gasteiger partial charge in [-0.3, -0.25) is 24.5 Å². The third-order valence-corrected chi connectivity index (χ3v) is 6.57. The first-order valence-corrected chi connectivity index (χ1v) is 13.1. The summed E-state index contributed by atoms with van der Waals surface area (Å²) in [6, 6.07) is 35.4. The second-order valence-electron chi connectivity index (χ2n) is 9.27. The summed E-state index contributed by atoms with van der Waals surface area (Å²) < 4.78 is 0. The monoisotopic (exact) mass is 541 g/mol. The van der Waals surface area contributed by atoms with Crippen LogP contribution < -0.4 is 0 Å². The number of pyridine rings is 2. The van der Waals surface area contributed by atoms with Gasteiger partial charge in [0.15, 0.2) is 11.5 Å². The normalized spacial score (nSPS) is 11.9. The van der Waals surface area contributed by atoms with E-state index in [9.17, 15) is 19.8 Å². The molecule has 7 nitrogen and oxygen atoms in total. The van der Waals surface area contributed by atoms with Crippen LogP contribution in [0.5, 0.6) is 11.5 Å². The third kappa shape index (κ3) is 6.37. The number of aromatic nitrogens is 2.